The van der Waals surface area contributed by atoms with E-state index in [0.29, 0.717) is 11.3 Å². The topological polar surface area (TPSA) is 75.6 Å². The number of aryl methyl sites for hydroxylation is 1. The number of alkyl halides is 1. The summed E-state index contributed by atoms with van der Waals surface area (Å²) in [7, 11) is 1.84. The highest BCUT2D eigenvalue weighted by Crippen LogP contribution is 2.46. The van der Waals surface area contributed by atoms with Crippen LogP contribution in [0.4, 0.5) is 4.39 Å². The van der Waals surface area contributed by atoms with Gasteiger partial charge in [-0.1, -0.05) is 24.3 Å². The monoisotopic (exact) mass is 417 g/mol. The number of carbonyl (C=O) groups is 1. The van der Waals surface area contributed by atoms with Crippen LogP contribution in [0.15, 0.2) is 54.9 Å². The summed E-state index contributed by atoms with van der Waals surface area (Å²) in [6.07, 6.45) is 5.17. The fourth-order valence-corrected chi connectivity index (χ4v) is 4.05. The van der Waals surface area contributed by atoms with Gasteiger partial charge in [0.05, 0.1) is 17.4 Å². The van der Waals surface area contributed by atoms with E-state index in [1.165, 1.54) is 0 Å². The van der Waals surface area contributed by atoms with Gasteiger partial charge in [0.1, 0.15) is 17.0 Å². The SMILES string of the molecule is Cn1c(C(=O)NC2(c3cccc(C(C)(C)F)c3)CC2)cc2ccc(-c3cn[nH]c3)nc21. The lowest BCUT2D eigenvalue weighted by molar-refractivity contribution is 0.0923. The molecule has 5 rings (SSSR count). The summed E-state index contributed by atoms with van der Waals surface area (Å²) in [5.74, 6) is -0.159. The Morgan fingerprint density at radius 1 is 1.23 bits per heavy atom. The molecule has 1 saturated carbocycles. The Kier molecular flexibility index (Phi) is 4.25. The van der Waals surface area contributed by atoms with Gasteiger partial charge in [-0.2, -0.15) is 5.10 Å². The van der Waals surface area contributed by atoms with Gasteiger partial charge in [-0.25, -0.2) is 9.37 Å². The van der Waals surface area contributed by atoms with Crippen LogP contribution >= 0.6 is 0 Å². The average molecular weight is 417 g/mol. The Morgan fingerprint density at radius 2 is 2.03 bits per heavy atom. The molecule has 31 heavy (non-hydrogen) atoms. The maximum absolute atomic E-state index is 14.4. The summed E-state index contributed by atoms with van der Waals surface area (Å²) in [6.45, 7) is 3.09. The normalized spacial score (nSPS) is 15.2. The van der Waals surface area contributed by atoms with Crippen LogP contribution < -0.4 is 5.32 Å². The molecular weight excluding hydrogens is 393 g/mol. The molecule has 3 aromatic heterocycles. The second kappa shape index (κ2) is 6.77. The van der Waals surface area contributed by atoms with E-state index >= 15 is 0 Å². The van der Waals surface area contributed by atoms with E-state index in [-0.39, 0.29) is 5.91 Å². The lowest BCUT2D eigenvalue weighted by Crippen LogP contribution is -2.36. The largest absolute Gasteiger partial charge is 0.341 e. The van der Waals surface area contributed by atoms with Crippen molar-refractivity contribution in [3.8, 4) is 11.3 Å². The zero-order valence-electron chi connectivity index (χ0n) is 17.7. The van der Waals surface area contributed by atoms with E-state index in [9.17, 15) is 9.18 Å². The van der Waals surface area contributed by atoms with Crippen LogP contribution in [0.2, 0.25) is 0 Å². The molecule has 1 fully saturated rings. The lowest BCUT2D eigenvalue weighted by Gasteiger charge is -2.21. The van der Waals surface area contributed by atoms with Gasteiger partial charge >= 0.3 is 0 Å². The highest BCUT2D eigenvalue weighted by molar-refractivity contribution is 5.98. The van der Waals surface area contributed by atoms with E-state index in [1.54, 1.807) is 32.3 Å². The molecular formula is C24H24FN5O. The van der Waals surface area contributed by atoms with E-state index in [1.807, 2.05) is 48.0 Å². The van der Waals surface area contributed by atoms with Crippen LogP contribution in [0.3, 0.4) is 0 Å². The van der Waals surface area contributed by atoms with Gasteiger partial charge in [0.2, 0.25) is 0 Å². The number of pyridine rings is 1. The highest BCUT2D eigenvalue weighted by Gasteiger charge is 2.46. The van der Waals surface area contributed by atoms with Crippen LogP contribution in [-0.2, 0) is 18.3 Å². The molecule has 0 bridgehead atoms. The standard InChI is InChI=1S/C24H24FN5O/c1-23(2,25)17-5-4-6-18(12-17)24(9-10-24)29-22(31)20-11-15-7-8-19(16-13-26-27-14-16)28-21(15)30(20)3/h4-8,11-14H,9-10H2,1-3H3,(H,26,27)(H,29,31). The number of benzene rings is 1. The first-order valence-corrected chi connectivity index (χ1v) is 10.3. The third kappa shape index (κ3) is 3.40. The molecule has 0 radical (unpaired) electrons. The molecule has 0 spiro atoms. The second-order valence-electron chi connectivity index (χ2n) is 8.77. The fourth-order valence-electron chi connectivity index (χ4n) is 4.05. The van der Waals surface area contributed by atoms with Gasteiger partial charge in [-0.15, -0.1) is 0 Å². The number of rotatable bonds is 5. The third-order valence-electron chi connectivity index (χ3n) is 6.11. The van der Waals surface area contributed by atoms with Crippen LogP contribution in [0.5, 0.6) is 0 Å². The minimum absolute atomic E-state index is 0.159. The van der Waals surface area contributed by atoms with Crippen LogP contribution in [0.25, 0.3) is 22.3 Å². The van der Waals surface area contributed by atoms with E-state index in [2.05, 4.69) is 15.5 Å². The summed E-state index contributed by atoms with van der Waals surface area (Å²) in [5.41, 5.74) is 2.65. The van der Waals surface area contributed by atoms with E-state index < -0.39 is 11.2 Å². The van der Waals surface area contributed by atoms with Gasteiger partial charge in [-0.3, -0.25) is 9.89 Å². The van der Waals surface area contributed by atoms with Crippen molar-refractivity contribution in [1.82, 2.24) is 25.1 Å². The smallest absolute Gasteiger partial charge is 0.268 e. The van der Waals surface area contributed by atoms with E-state index in [4.69, 9.17) is 4.98 Å². The first kappa shape index (κ1) is 19.5. The molecule has 0 saturated heterocycles. The third-order valence-corrected chi connectivity index (χ3v) is 6.11. The molecule has 3 heterocycles. The van der Waals surface area contributed by atoms with Crippen molar-refractivity contribution >= 4 is 16.9 Å². The Labute approximate surface area is 179 Å². The number of hydrogen-bond donors (Lipinski definition) is 2. The molecule has 7 heteroatoms. The maximum Gasteiger partial charge on any atom is 0.268 e. The minimum atomic E-state index is -1.43. The Balaban J connectivity index is 1.45. The number of nitrogens with one attached hydrogen (secondary N) is 2. The highest BCUT2D eigenvalue weighted by atomic mass is 19.1. The number of aromatic nitrogens is 4. The second-order valence-corrected chi connectivity index (χ2v) is 8.77. The summed E-state index contributed by atoms with van der Waals surface area (Å²) in [6, 6.07) is 13.2. The Bertz CT molecular complexity index is 1280. The van der Waals surface area contributed by atoms with Gasteiger partial charge in [0, 0.05) is 24.2 Å². The quantitative estimate of drug-likeness (QED) is 0.499. The maximum atomic E-state index is 14.4. The molecule has 4 aromatic rings. The van der Waals surface area contributed by atoms with Crippen molar-refractivity contribution in [2.24, 2.45) is 7.05 Å². The number of amides is 1. The molecule has 1 aliphatic rings. The van der Waals surface area contributed by atoms with Crippen molar-refractivity contribution < 1.29 is 9.18 Å². The number of aromatic amines is 1. The predicted molar refractivity (Wildman–Crippen MR) is 117 cm³/mol. The Hall–Kier alpha value is -3.48. The lowest BCUT2D eigenvalue weighted by atomic mass is 9.94. The summed E-state index contributed by atoms with van der Waals surface area (Å²) < 4.78 is 16.3. The van der Waals surface area contributed by atoms with Gasteiger partial charge in [0.15, 0.2) is 0 Å². The van der Waals surface area contributed by atoms with Gasteiger partial charge in [0.25, 0.3) is 5.91 Å². The van der Waals surface area contributed by atoms with Gasteiger partial charge in [-0.05, 0) is 56.0 Å². The number of nitrogens with zero attached hydrogens (tertiary/aromatic N) is 3. The number of halogens is 1. The van der Waals surface area contributed by atoms with Crippen LogP contribution in [0, 0.1) is 0 Å². The fraction of sp³-hybridized carbons (Fsp3) is 0.292. The summed E-state index contributed by atoms with van der Waals surface area (Å²) in [5, 5.41) is 10.9. The molecule has 1 aromatic carbocycles. The molecule has 1 amide bonds. The van der Waals surface area contributed by atoms with Crippen LogP contribution in [-0.4, -0.2) is 25.7 Å². The van der Waals surface area contributed by atoms with Crippen molar-refractivity contribution in [1.29, 1.82) is 0 Å². The minimum Gasteiger partial charge on any atom is -0.341 e. The van der Waals surface area contributed by atoms with Crippen molar-refractivity contribution in [2.45, 2.75) is 37.9 Å². The van der Waals surface area contributed by atoms with Crippen molar-refractivity contribution in [2.75, 3.05) is 0 Å². The molecule has 1 aliphatic carbocycles. The van der Waals surface area contributed by atoms with Crippen molar-refractivity contribution in [3.63, 3.8) is 0 Å². The molecule has 6 nitrogen and oxygen atoms in total. The average Bonchev–Trinajstić information content (AvgIpc) is 3.18. The molecule has 158 valence electrons. The number of fused-ring (bicyclic) bond motifs is 1. The Morgan fingerprint density at radius 3 is 2.71 bits per heavy atom. The van der Waals surface area contributed by atoms with Crippen molar-refractivity contribution in [3.05, 3.63) is 71.7 Å². The number of carbonyl (C=O) groups excluding carboxylic acids is 1. The van der Waals surface area contributed by atoms with E-state index in [0.717, 1.165) is 40.7 Å². The first-order valence-electron chi connectivity index (χ1n) is 10.3. The zero-order chi connectivity index (χ0) is 21.8. The molecule has 0 unspecified atom stereocenters. The molecule has 0 aliphatic heterocycles. The number of H-pyrrole nitrogens is 1. The first-order chi connectivity index (χ1) is 14.8. The molecule has 2 N–H and O–H groups in total. The zero-order valence-corrected chi connectivity index (χ0v) is 17.7. The number of hydrogen-bond acceptors (Lipinski definition) is 3. The van der Waals surface area contributed by atoms with Gasteiger partial charge < -0.3 is 9.88 Å². The van der Waals surface area contributed by atoms with Crippen LogP contribution in [0.1, 0.15) is 48.3 Å². The predicted octanol–water partition coefficient (Wildman–Crippen LogP) is 4.59. The summed E-state index contributed by atoms with van der Waals surface area (Å²) >= 11 is 0. The molecule has 0 atom stereocenters. The summed E-state index contributed by atoms with van der Waals surface area (Å²) in [4.78, 5) is 17.9.